The minimum atomic E-state index is -0.345. The average Bonchev–Trinajstić information content (AvgIpc) is 2.79. The summed E-state index contributed by atoms with van der Waals surface area (Å²) in [5.41, 5.74) is 1.75. The molecule has 0 atom stereocenters. The van der Waals surface area contributed by atoms with E-state index in [0.717, 1.165) is 5.56 Å². The van der Waals surface area contributed by atoms with E-state index in [1.165, 1.54) is 18.2 Å². The van der Waals surface area contributed by atoms with Gasteiger partial charge in [0.25, 0.3) is 5.89 Å². The van der Waals surface area contributed by atoms with Gasteiger partial charge in [-0.05, 0) is 30.2 Å². The average molecular weight is 238 g/mol. The second-order valence-electron chi connectivity index (χ2n) is 3.62. The summed E-state index contributed by atoms with van der Waals surface area (Å²) < 4.78 is 18.3. The van der Waals surface area contributed by atoms with Crippen molar-refractivity contribution in [2.24, 2.45) is 0 Å². The van der Waals surface area contributed by atoms with Crippen molar-refractivity contribution in [1.82, 2.24) is 9.97 Å². The fourth-order valence-corrected chi connectivity index (χ4v) is 1.52. The highest BCUT2D eigenvalue weighted by Crippen LogP contribution is 2.15. The van der Waals surface area contributed by atoms with Crippen molar-refractivity contribution in [3.8, 4) is 11.8 Å². The van der Waals surface area contributed by atoms with Crippen LogP contribution < -0.4 is 0 Å². The Kier molecular flexibility index (Phi) is 2.50. The van der Waals surface area contributed by atoms with E-state index in [1.807, 2.05) is 6.07 Å². The summed E-state index contributed by atoms with van der Waals surface area (Å²) in [6.45, 7) is 0. The summed E-state index contributed by atoms with van der Waals surface area (Å²) in [7, 11) is 0. The quantitative estimate of drug-likeness (QED) is 0.565. The van der Waals surface area contributed by atoms with Crippen molar-refractivity contribution in [3.63, 3.8) is 0 Å². The normalized spacial score (nSPS) is 10.1. The maximum Gasteiger partial charge on any atom is 0.274 e. The van der Waals surface area contributed by atoms with Crippen LogP contribution in [0, 0.1) is 17.7 Å². The first-order valence-electron chi connectivity index (χ1n) is 5.29. The van der Waals surface area contributed by atoms with E-state index in [4.69, 9.17) is 4.42 Å². The van der Waals surface area contributed by atoms with Gasteiger partial charge in [0.05, 0.1) is 0 Å². The third-order valence-electron chi connectivity index (χ3n) is 2.32. The highest BCUT2D eigenvalue weighted by molar-refractivity contribution is 5.73. The summed E-state index contributed by atoms with van der Waals surface area (Å²) >= 11 is 0. The summed E-state index contributed by atoms with van der Waals surface area (Å²) in [4.78, 5) is 8.04. The first-order valence-corrected chi connectivity index (χ1v) is 5.29. The number of pyridine rings is 1. The highest BCUT2D eigenvalue weighted by atomic mass is 19.1. The Balaban J connectivity index is 1.99. The Bertz CT molecular complexity index is 754. The molecule has 3 rings (SSSR count). The molecule has 0 amide bonds. The summed E-state index contributed by atoms with van der Waals surface area (Å²) in [5.74, 6) is 5.57. The minimum absolute atomic E-state index is 0.263. The van der Waals surface area contributed by atoms with E-state index >= 15 is 0 Å². The van der Waals surface area contributed by atoms with Crippen molar-refractivity contribution in [1.29, 1.82) is 0 Å². The summed E-state index contributed by atoms with van der Waals surface area (Å²) in [6.07, 6.45) is 3.32. The van der Waals surface area contributed by atoms with Gasteiger partial charge in [-0.3, -0.25) is 4.98 Å². The molecule has 0 aliphatic heterocycles. The van der Waals surface area contributed by atoms with Gasteiger partial charge in [0.1, 0.15) is 11.3 Å². The standard InChI is InChI=1S/C14H7FN2O/c15-11-4-5-13-12(8-11)17-14(18-13)6-3-10-2-1-7-16-9-10/h1-2,4-5,7-9H. The monoisotopic (exact) mass is 238 g/mol. The molecule has 0 saturated heterocycles. The number of hydrogen-bond acceptors (Lipinski definition) is 3. The van der Waals surface area contributed by atoms with Gasteiger partial charge in [-0.25, -0.2) is 9.37 Å². The molecule has 2 aromatic heterocycles. The van der Waals surface area contributed by atoms with E-state index < -0.39 is 0 Å². The molecule has 0 aliphatic carbocycles. The molecule has 86 valence electrons. The zero-order valence-corrected chi connectivity index (χ0v) is 9.22. The Morgan fingerprint density at radius 1 is 1.17 bits per heavy atom. The summed E-state index contributed by atoms with van der Waals surface area (Å²) in [6, 6.07) is 7.81. The molecule has 0 radical (unpaired) electrons. The van der Waals surface area contributed by atoms with Crippen molar-refractivity contribution in [2.75, 3.05) is 0 Å². The van der Waals surface area contributed by atoms with Crippen LogP contribution in [-0.4, -0.2) is 9.97 Å². The van der Waals surface area contributed by atoms with Gasteiger partial charge in [-0.2, -0.15) is 0 Å². The zero-order chi connectivity index (χ0) is 12.4. The molecule has 0 spiro atoms. The Labute approximate surface area is 102 Å². The second-order valence-corrected chi connectivity index (χ2v) is 3.62. The van der Waals surface area contributed by atoms with Gasteiger partial charge in [0, 0.05) is 24.0 Å². The Morgan fingerprint density at radius 3 is 2.94 bits per heavy atom. The largest absolute Gasteiger partial charge is 0.430 e. The number of halogens is 1. The molecule has 0 fully saturated rings. The molecule has 0 bridgehead atoms. The number of rotatable bonds is 0. The van der Waals surface area contributed by atoms with E-state index in [-0.39, 0.29) is 11.7 Å². The Morgan fingerprint density at radius 2 is 2.11 bits per heavy atom. The Hall–Kier alpha value is -2.67. The lowest BCUT2D eigenvalue weighted by atomic mass is 10.3. The SMILES string of the molecule is Fc1ccc2oc(C#Cc3cccnc3)nc2c1. The van der Waals surface area contributed by atoms with Gasteiger partial charge < -0.3 is 4.42 Å². The van der Waals surface area contributed by atoms with Crippen LogP contribution in [0.5, 0.6) is 0 Å². The van der Waals surface area contributed by atoms with Gasteiger partial charge in [-0.15, -0.1) is 0 Å². The van der Waals surface area contributed by atoms with Crippen LogP contribution in [0.1, 0.15) is 11.5 Å². The zero-order valence-electron chi connectivity index (χ0n) is 9.22. The number of oxazole rings is 1. The predicted octanol–water partition coefficient (Wildman–Crippen LogP) is 2.76. The molecule has 1 aromatic carbocycles. The van der Waals surface area contributed by atoms with Gasteiger partial charge >= 0.3 is 0 Å². The number of nitrogens with zero attached hydrogens (tertiary/aromatic N) is 2. The second kappa shape index (κ2) is 4.30. The molecular weight excluding hydrogens is 231 g/mol. The lowest BCUT2D eigenvalue weighted by Crippen LogP contribution is -1.77. The number of benzene rings is 1. The first-order chi connectivity index (χ1) is 8.81. The maximum atomic E-state index is 13.0. The van der Waals surface area contributed by atoms with Crippen LogP contribution in [0.15, 0.2) is 47.1 Å². The molecule has 0 N–H and O–H groups in total. The van der Waals surface area contributed by atoms with Gasteiger partial charge in [0.15, 0.2) is 5.58 Å². The van der Waals surface area contributed by atoms with Gasteiger partial charge in [-0.1, -0.05) is 5.92 Å². The van der Waals surface area contributed by atoms with Gasteiger partial charge in [0.2, 0.25) is 0 Å². The maximum absolute atomic E-state index is 13.0. The van der Waals surface area contributed by atoms with Crippen molar-refractivity contribution < 1.29 is 8.81 Å². The first kappa shape index (κ1) is 10.5. The molecule has 4 heteroatoms. The van der Waals surface area contributed by atoms with Crippen LogP contribution in [-0.2, 0) is 0 Å². The molecule has 0 unspecified atom stereocenters. The van der Waals surface area contributed by atoms with Crippen LogP contribution in [0.4, 0.5) is 4.39 Å². The number of fused-ring (bicyclic) bond motifs is 1. The van der Waals surface area contributed by atoms with E-state index in [1.54, 1.807) is 18.5 Å². The number of hydrogen-bond donors (Lipinski definition) is 0. The molecule has 3 aromatic rings. The smallest absolute Gasteiger partial charge is 0.274 e. The fraction of sp³-hybridized carbons (Fsp3) is 0. The lowest BCUT2D eigenvalue weighted by Gasteiger charge is -1.84. The van der Waals surface area contributed by atoms with Crippen molar-refractivity contribution in [2.45, 2.75) is 0 Å². The van der Waals surface area contributed by atoms with E-state index in [9.17, 15) is 4.39 Å². The van der Waals surface area contributed by atoms with Crippen molar-refractivity contribution in [3.05, 3.63) is 60.0 Å². The number of aromatic nitrogens is 2. The van der Waals surface area contributed by atoms with E-state index in [0.29, 0.717) is 11.1 Å². The lowest BCUT2D eigenvalue weighted by molar-refractivity contribution is 0.584. The minimum Gasteiger partial charge on any atom is -0.430 e. The summed E-state index contributed by atoms with van der Waals surface area (Å²) in [5, 5.41) is 0. The molecule has 18 heavy (non-hydrogen) atoms. The third kappa shape index (κ3) is 2.06. The van der Waals surface area contributed by atoms with Crippen LogP contribution >= 0.6 is 0 Å². The predicted molar refractivity (Wildman–Crippen MR) is 64.2 cm³/mol. The van der Waals surface area contributed by atoms with Crippen molar-refractivity contribution >= 4 is 11.1 Å². The molecule has 0 saturated carbocycles. The van der Waals surface area contributed by atoms with Crippen LogP contribution in [0.25, 0.3) is 11.1 Å². The van der Waals surface area contributed by atoms with E-state index in [2.05, 4.69) is 21.8 Å². The molecule has 2 heterocycles. The third-order valence-corrected chi connectivity index (χ3v) is 2.32. The molecule has 0 aliphatic rings. The molecule has 3 nitrogen and oxygen atoms in total. The van der Waals surface area contributed by atoms with Crippen LogP contribution in [0.2, 0.25) is 0 Å². The topological polar surface area (TPSA) is 38.9 Å². The van der Waals surface area contributed by atoms with Crippen LogP contribution in [0.3, 0.4) is 0 Å². The highest BCUT2D eigenvalue weighted by Gasteiger charge is 2.03. The molecular formula is C14H7FN2O. The fourth-order valence-electron chi connectivity index (χ4n) is 1.52.